The Morgan fingerprint density at radius 2 is 2.00 bits per heavy atom. The molecule has 0 saturated heterocycles. The van der Waals surface area contributed by atoms with E-state index in [9.17, 15) is 4.79 Å². The van der Waals surface area contributed by atoms with Gasteiger partial charge >= 0.3 is 0 Å². The molecular weight excluding hydrogens is 244 g/mol. The van der Waals surface area contributed by atoms with Crippen LogP contribution in [0.15, 0.2) is 41.4 Å². The van der Waals surface area contributed by atoms with E-state index in [4.69, 9.17) is 0 Å². The number of ketones is 1. The summed E-state index contributed by atoms with van der Waals surface area (Å²) in [6, 6.07) is 9.82. The molecule has 3 nitrogen and oxygen atoms in total. The van der Waals surface area contributed by atoms with Gasteiger partial charge in [-0.2, -0.15) is 5.10 Å². The SMILES string of the molecule is CC(=O)c1ccc(SCCc2ccnn2C)cc1. The smallest absolute Gasteiger partial charge is 0.159 e. The van der Waals surface area contributed by atoms with E-state index < -0.39 is 0 Å². The summed E-state index contributed by atoms with van der Waals surface area (Å²) in [7, 11) is 1.96. The number of hydrogen-bond donors (Lipinski definition) is 0. The van der Waals surface area contributed by atoms with Gasteiger partial charge in [-0.05, 0) is 31.5 Å². The van der Waals surface area contributed by atoms with Crippen molar-refractivity contribution in [2.45, 2.75) is 18.2 Å². The van der Waals surface area contributed by atoms with Crippen LogP contribution in [-0.2, 0) is 13.5 Å². The van der Waals surface area contributed by atoms with E-state index in [0.717, 1.165) is 17.7 Å². The quantitative estimate of drug-likeness (QED) is 0.612. The number of hydrogen-bond acceptors (Lipinski definition) is 3. The summed E-state index contributed by atoms with van der Waals surface area (Å²) in [5.41, 5.74) is 2.01. The van der Waals surface area contributed by atoms with Gasteiger partial charge in [0.05, 0.1) is 0 Å². The molecule has 0 bridgehead atoms. The number of carbonyl (C=O) groups is 1. The molecule has 0 aliphatic rings. The minimum absolute atomic E-state index is 0.112. The first-order chi connectivity index (χ1) is 8.66. The van der Waals surface area contributed by atoms with Crippen LogP contribution in [0, 0.1) is 0 Å². The van der Waals surface area contributed by atoms with Crippen LogP contribution in [-0.4, -0.2) is 21.3 Å². The molecule has 0 spiro atoms. The first-order valence-electron chi connectivity index (χ1n) is 5.87. The van der Waals surface area contributed by atoms with Crippen LogP contribution in [0.25, 0.3) is 0 Å². The van der Waals surface area contributed by atoms with Gasteiger partial charge in [-0.3, -0.25) is 9.48 Å². The van der Waals surface area contributed by atoms with Gasteiger partial charge < -0.3 is 0 Å². The predicted molar refractivity (Wildman–Crippen MR) is 74.1 cm³/mol. The highest BCUT2D eigenvalue weighted by atomic mass is 32.2. The Balaban J connectivity index is 1.87. The van der Waals surface area contributed by atoms with Crippen LogP contribution in [0.1, 0.15) is 23.0 Å². The van der Waals surface area contributed by atoms with Gasteiger partial charge in [0.25, 0.3) is 0 Å². The van der Waals surface area contributed by atoms with E-state index in [1.54, 1.807) is 18.7 Å². The second kappa shape index (κ2) is 5.87. The van der Waals surface area contributed by atoms with Crippen LogP contribution < -0.4 is 0 Å². The molecule has 1 heterocycles. The summed E-state index contributed by atoms with van der Waals surface area (Å²) >= 11 is 1.80. The monoisotopic (exact) mass is 260 g/mol. The highest BCUT2D eigenvalue weighted by Gasteiger charge is 2.01. The lowest BCUT2D eigenvalue weighted by Gasteiger charge is -2.03. The number of rotatable bonds is 5. The largest absolute Gasteiger partial charge is 0.295 e. The Morgan fingerprint density at radius 1 is 1.28 bits per heavy atom. The van der Waals surface area contributed by atoms with Gasteiger partial charge in [0.2, 0.25) is 0 Å². The molecule has 94 valence electrons. The summed E-state index contributed by atoms with van der Waals surface area (Å²) in [4.78, 5) is 12.3. The summed E-state index contributed by atoms with van der Waals surface area (Å²) in [5, 5.41) is 4.14. The van der Waals surface area contributed by atoms with E-state index >= 15 is 0 Å². The zero-order valence-electron chi connectivity index (χ0n) is 10.6. The molecule has 0 N–H and O–H groups in total. The molecule has 2 rings (SSSR count). The third-order valence-corrected chi connectivity index (χ3v) is 3.82. The van der Waals surface area contributed by atoms with Crippen LogP contribution in [0.4, 0.5) is 0 Å². The van der Waals surface area contributed by atoms with Crippen molar-refractivity contribution in [2.24, 2.45) is 7.05 Å². The fourth-order valence-corrected chi connectivity index (χ4v) is 2.58. The molecule has 0 radical (unpaired) electrons. The second-order valence-corrected chi connectivity index (χ2v) is 5.29. The number of carbonyl (C=O) groups excluding carboxylic acids is 1. The number of benzene rings is 1. The van der Waals surface area contributed by atoms with Gasteiger partial charge in [-0.15, -0.1) is 11.8 Å². The van der Waals surface area contributed by atoms with E-state index in [0.29, 0.717) is 0 Å². The maximum absolute atomic E-state index is 11.1. The number of aryl methyl sites for hydroxylation is 2. The minimum atomic E-state index is 0.112. The van der Waals surface area contributed by atoms with Crippen LogP contribution in [0.2, 0.25) is 0 Å². The predicted octanol–water partition coefficient (Wildman–Crippen LogP) is 2.96. The van der Waals surface area contributed by atoms with Crippen molar-refractivity contribution in [3.8, 4) is 0 Å². The van der Waals surface area contributed by atoms with Gasteiger partial charge in [0.1, 0.15) is 0 Å². The molecule has 0 aliphatic heterocycles. The maximum Gasteiger partial charge on any atom is 0.159 e. The second-order valence-electron chi connectivity index (χ2n) is 4.13. The van der Waals surface area contributed by atoms with E-state index in [2.05, 4.69) is 5.10 Å². The highest BCUT2D eigenvalue weighted by Crippen LogP contribution is 2.19. The van der Waals surface area contributed by atoms with Crippen molar-refractivity contribution in [1.82, 2.24) is 9.78 Å². The zero-order valence-corrected chi connectivity index (χ0v) is 11.4. The summed E-state index contributed by atoms with van der Waals surface area (Å²) in [5.74, 6) is 1.13. The van der Waals surface area contributed by atoms with Crippen LogP contribution in [0.5, 0.6) is 0 Å². The molecule has 4 heteroatoms. The normalized spacial score (nSPS) is 10.6. The Labute approximate surface area is 111 Å². The number of Topliss-reactive ketones (excluding diaryl/α,β-unsaturated/α-hetero) is 1. The lowest BCUT2D eigenvalue weighted by Crippen LogP contribution is -1.99. The molecule has 1 aromatic heterocycles. The lowest BCUT2D eigenvalue weighted by atomic mass is 10.2. The van der Waals surface area contributed by atoms with E-state index in [-0.39, 0.29) is 5.78 Å². The summed E-state index contributed by atoms with van der Waals surface area (Å²) < 4.78 is 1.90. The molecule has 2 aromatic rings. The van der Waals surface area contributed by atoms with Crippen LogP contribution in [0.3, 0.4) is 0 Å². The van der Waals surface area contributed by atoms with Gasteiger partial charge in [-0.1, -0.05) is 12.1 Å². The van der Waals surface area contributed by atoms with Crippen molar-refractivity contribution in [2.75, 3.05) is 5.75 Å². The molecule has 0 saturated carbocycles. The molecular formula is C14H16N2OS. The van der Waals surface area contributed by atoms with Crippen LogP contribution >= 0.6 is 11.8 Å². The number of aromatic nitrogens is 2. The average Bonchev–Trinajstić information content (AvgIpc) is 2.76. The van der Waals surface area contributed by atoms with Gasteiger partial charge in [-0.25, -0.2) is 0 Å². The van der Waals surface area contributed by atoms with Crippen molar-refractivity contribution in [3.05, 3.63) is 47.8 Å². The Kier molecular flexibility index (Phi) is 4.20. The summed E-state index contributed by atoms with van der Waals surface area (Å²) in [6.45, 7) is 1.59. The topological polar surface area (TPSA) is 34.9 Å². The third-order valence-electron chi connectivity index (χ3n) is 2.81. The Morgan fingerprint density at radius 3 is 2.56 bits per heavy atom. The first kappa shape index (κ1) is 12.9. The van der Waals surface area contributed by atoms with Crippen molar-refractivity contribution in [1.29, 1.82) is 0 Å². The molecule has 1 aromatic carbocycles. The molecule has 0 fully saturated rings. The summed E-state index contributed by atoms with van der Waals surface area (Å²) in [6.07, 6.45) is 2.82. The van der Waals surface area contributed by atoms with Gasteiger partial charge in [0, 0.05) is 35.2 Å². The van der Waals surface area contributed by atoms with Crippen molar-refractivity contribution in [3.63, 3.8) is 0 Å². The molecule has 0 unspecified atom stereocenters. The van der Waals surface area contributed by atoms with E-state index in [1.165, 1.54) is 10.6 Å². The average molecular weight is 260 g/mol. The minimum Gasteiger partial charge on any atom is -0.295 e. The van der Waals surface area contributed by atoms with E-state index in [1.807, 2.05) is 48.3 Å². The molecule has 0 amide bonds. The number of nitrogens with zero attached hydrogens (tertiary/aromatic N) is 2. The first-order valence-corrected chi connectivity index (χ1v) is 6.86. The molecule has 18 heavy (non-hydrogen) atoms. The number of thioether (sulfide) groups is 1. The Bertz CT molecular complexity index is 531. The standard InChI is InChI=1S/C14H16N2OS/c1-11(17)12-3-5-14(6-4-12)18-10-8-13-7-9-15-16(13)2/h3-7,9H,8,10H2,1-2H3. The Hall–Kier alpha value is -1.55. The third kappa shape index (κ3) is 3.23. The maximum atomic E-state index is 11.1. The highest BCUT2D eigenvalue weighted by molar-refractivity contribution is 7.99. The fraction of sp³-hybridized carbons (Fsp3) is 0.286. The van der Waals surface area contributed by atoms with Crippen molar-refractivity contribution < 1.29 is 4.79 Å². The molecule has 0 atom stereocenters. The zero-order chi connectivity index (χ0) is 13.0. The molecule has 0 aliphatic carbocycles. The van der Waals surface area contributed by atoms with Crippen molar-refractivity contribution >= 4 is 17.5 Å². The lowest BCUT2D eigenvalue weighted by molar-refractivity contribution is 0.101. The fourth-order valence-electron chi connectivity index (χ4n) is 1.71. The van der Waals surface area contributed by atoms with Gasteiger partial charge in [0.15, 0.2) is 5.78 Å².